The van der Waals surface area contributed by atoms with Gasteiger partial charge < -0.3 is 9.84 Å². The van der Waals surface area contributed by atoms with Crippen molar-refractivity contribution >= 4 is 0 Å². The van der Waals surface area contributed by atoms with Gasteiger partial charge in [0.25, 0.3) is 0 Å². The molecule has 1 atom stereocenters. The summed E-state index contributed by atoms with van der Waals surface area (Å²) in [6.07, 6.45) is 1.12. The number of aliphatic hydroxyl groups is 1. The van der Waals surface area contributed by atoms with Gasteiger partial charge in [-0.2, -0.15) is 10.4 Å². The van der Waals surface area contributed by atoms with Gasteiger partial charge in [-0.05, 0) is 0 Å². The second-order valence-electron chi connectivity index (χ2n) is 4.96. The Balaban J connectivity index is 3.07. The Hall–Kier alpha value is -1.38. The van der Waals surface area contributed by atoms with Crippen molar-refractivity contribution in [2.45, 2.75) is 32.3 Å². The summed E-state index contributed by atoms with van der Waals surface area (Å²) in [4.78, 5) is 0. The zero-order chi connectivity index (χ0) is 13.1. The number of hydrogen-bond donors (Lipinski definition) is 1. The van der Waals surface area contributed by atoms with Crippen LogP contribution < -0.4 is 0 Å². The SMILES string of the molecule is Cn1cc(C(C#N)OCCO)c(C(C)(C)C)n1. The Bertz CT molecular complexity index is 412. The highest BCUT2D eigenvalue weighted by molar-refractivity contribution is 5.29. The van der Waals surface area contributed by atoms with Crippen LogP contribution >= 0.6 is 0 Å². The van der Waals surface area contributed by atoms with Gasteiger partial charge in [-0.25, -0.2) is 0 Å². The Kier molecular flexibility index (Phi) is 4.27. The first-order chi connectivity index (χ1) is 7.90. The largest absolute Gasteiger partial charge is 0.394 e. The lowest BCUT2D eigenvalue weighted by atomic mass is 9.88. The molecule has 0 aliphatic rings. The van der Waals surface area contributed by atoms with Crippen molar-refractivity contribution < 1.29 is 9.84 Å². The molecule has 1 heterocycles. The Labute approximate surface area is 102 Å². The van der Waals surface area contributed by atoms with E-state index in [1.54, 1.807) is 10.9 Å². The monoisotopic (exact) mass is 237 g/mol. The standard InChI is InChI=1S/C12H19N3O2/c1-12(2,3)11-9(8-15(4)14-11)10(7-13)17-6-5-16/h8,10,16H,5-6H2,1-4H3. The van der Waals surface area contributed by atoms with Crippen LogP contribution in [0.3, 0.4) is 0 Å². The highest BCUT2D eigenvalue weighted by Crippen LogP contribution is 2.29. The second kappa shape index (κ2) is 5.30. The molecule has 0 amide bonds. The van der Waals surface area contributed by atoms with Crippen LogP contribution in [0.2, 0.25) is 0 Å². The molecule has 0 saturated carbocycles. The molecule has 17 heavy (non-hydrogen) atoms. The summed E-state index contributed by atoms with van der Waals surface area (Å²) in [6.45, 7) is 6.18. The maximum Gasteiger partial charge on any atom is 0.172 e. The van der Waals surface area contributed by atoms with Crippen molar-refractivity contribution in [3.8, 4) is 6.07 Å². The molecule has 0 aliphatic heterocycles. The molecule has 1 rings (SSSR count). The first-order valence-corrected chi connectivity index (χ1v) is 5.56. The second-order valence-corrected chi connectivity index (χ2v) is 4.96. The van der Waals surface area contributed by atoms with Gasteiger partial charge in [-0.3, -0.25) is 4.68 Å². The van der Waals surface area contributed by atoms with Gasteiger partial charge in [0, 0.05) is 24.2 Å². The molecule has 0 spiro atoms. The van der Waals surface area contributed by atoms with Crippen LogP contribution in [-0.4, -0.2) is 28.1 Å². The third kappa shape index (κ3) is 3.29. The summed E-state index contributed by atoms with van der Waals surface area (Å²) in [5.74, 6) is 0. The number of ether oxygens (including phenoxy) is 1. The van der Waals surface area contributed by atoms with Crippen LogP contribution in [0.1, 0.15) is 38.1 Å². The minimum absolute atomic E-state index is 0.0940. The van der Waals surface area contributed by atoms with Crippen LogP contribution in [0.5, 0.6) is 0 Å². The van der Waals surface area contributed by atoms with E-state index in [-0.39, 0.29) is 18.6 Å². The molecular formula is C12H19N3O2. The van der Waals surface area contributed by atoms with Crippen molar-refractivity contribution in [2.24, 2.45) is 7.05 Å². The summed E-state index contributed by atoms with van der Waals surface area (Å²) >= 11 is 0. The number of nitrogens with zero attached hydrogens (tertiary/aromatic N) is 3. The van der Waals surface area contributed by atoms with Crippen molar-refractivity contribution in [3.05, 3.63) is 17.5 Å². The molecule has 5 nitrogen and oxygen atoms in total. The average Bonchev–Trinajstić information content (AvgIpc) is 2.61. The minimum Gasteiger partial charge on any atom is -0.394 e. The van der Waals surface area contributed by atoms with E-state index in [4.69, 9.17) is 15.1 Å². The van der Waals surface area contributed by atoms with Crippen molar-refractivity contribution in [2.75, 3.05) is 13.2 Å². The summed E-state index contributed by atoms with van der Waals surface area (Å²) in [5, 5.41) is 22.2. The smallest absolute Gasteiger partial charge is 0.172 e. The molecule has 0 saturated heterocycles. The van der Waals surface area contributed by atoms with Crippen LogP contribution in [-0.2, 0) is 17.2 Å². The molecule has 1 aromatic rings. The van der Waals surface area contributed by atoms with Gasteiger partial charge in [0.15, 0.2) is 6.10 Å². The zero-order valence-corrected chi connectivity index (χ0v) is 10.8. The number of aromatic nitrogens is 2. The topological polar surface area (TPSA) is 71.1 Å². The molecule has 0 bridgehead atoms. The number of nitriles is 1. The summed E-state index contributed by atoms with van der Waals surface area (Å²) < 4.78 is 6.99. The first-order valence-electron chi connectivity index (χ1n) is 5.56. The van der Waals surface area contributed by atoms with E-state index < -0.39 is 6.10 Å². The predicted molar refractivity (Wildman–Crippen MR) is 63.3 cm³/mol. The highest BCUT2D eigenvalue weighted by Gasteiger charge is 2.26. The molecule has 1 aromatic heterocycles. The van der Waals surface area contributed by atoms with Gasteiger partial charge in [0.05, 0.1) is 25.0 Å². The Morgan fingerprint density at radius 1 is 1.59 bits per heavy atom. The van der Waals surface area contributed by atoms with Crippen LogP contribution in [0.25, 0.3) is 0 Å². The number of aliphatic hydroxyl groups excluding tert-OH is 1. The average molecular weight is 237 g/mol. The van der Waals surface area contributed by atoms with E-state index in [9.17, 15) is 0 Å². The van der Waals surface area contributed by atoms with E-state index in [1.807, 2.05) is 27.8 Å². The Morgan fingerprint density at radius 2 is 2.24 bits per heavy atom. The quantitative estimate of drug-likeness (QED) is 0.856. The molecule has 0 fully saturated rings. The third-order valence-corrected chi connectivity index (χ3v) is 2.34. The normalized spacial score (nSPS) is 13.4. The fourth-order valence-corrected chi connectivity index (χ4v) is 1.65. The van der Waals surface area contributed by atoms with E-state index >= 15 is 0 Å². The predicted octanol–water partition coefficient (Wildman–Crippen LogP) is 1.29. The van der Waals surface area contributed by atoms with Crippen LogP contribution in [0.15, 0.2) is 6.20 Å². The number of aryl methyl sites for hydroxylation is 1. The van der Waals surface area contributed by atoms with E-state index in [1.165, 1.54) is 0 Å². The molecule has 5 heteroatoms. The van der Waals surface area contributed by atoms with Crippen LogP contribution in [0, 0.1) is 11.3 Å². The van der Waals surface area contributed by atoms with Crippen LogP contribution in [0.4, 0.5) is 0 Å². The van der Waals surface area contributed by atoms with E-state index in [0.29, 0.717) is 0 Å². The fourth-order valence-electron chi connectivity index (χ4n) is 1.65. The van der Waals surface area contributed by atoms with Crippen molar-refractivity contribution in [1.82, 2.24) is 9.78 Å². The molecule has 94 valence electrons. The van der Waals surface area contributed by atoms with E-state index in [0.717, 1.165) is 11.3 Å². The maximum atomic E-state index is 9.11. The maximum absolute atomic E-state index is 9.11. The molecular weight excluding hydrogens is 218 g/mol. The van der Waals surface area contributed by atoms with Gasteiger partial charge in [-0.1, -0.05) is 20.8 Å². The molecule has 0 aromatic carbocycles. The summed E-state index contributed by atoms with van der Waals surface area (Å²) in [7, 11) is 1.82. The van der Waals surface area contributed by atoms with Crippen molar-refractivity contribution in [1.29, 1.82) is 5.26 Å². The van der Waals surface area contributed by atoms with E-state index in [2.05, 4.69) is 11.2 Å². The lowest BCUT2D eigenvalue weighted by molar-refractivity contribution is 0.0572. The first kappa shape index (κ1) is 13.7. The van der Waals surface area contributed by atoms with Gasteiger partial charge in [0.2, 0.25) is 0 Å². The fraction of sp³-hybridized carbons (Fsp3) is 0.667. The molecule has 1 N–H and O–H groups in total. The minimum atomic E-state index is -0.676. The summed E-state index contributed by atoms with van der Waals surface area (Å²) in [6, 6.07) is 2.09. The Morgan fingerprint density at radius 3 is 2.71 bits per heavy atom. The highest BCUT2D eigenvalue weighted by atomic mass is 16.5. The number of hydrogen-bond acceptors (Lipinski definition) is 4. The van der Waals surface area contributed by atoms with Gasteiger partial charge in [0.1, 0.15) is 0 Å². The van der Waals surface area contributed by atoms with Crippen molar-refractivity contribution in [3.63, 3.8) is 0 Å². The number of rotatable bonds is 4. The zero-order valence-electron chi connectivity index (χ0n) is 10.8. The summed E-state index contributed by atoms with van der Waals surface area (Å²) in [5.41, 5.74) is 1.48. The lowest BCUT2D eigenvalue weighted by Crippen LogP contribution is -2.17. The third-order valence-electron chi connectivity index (χ3n) is 2.34. The molecule has 0 radical (unpaired) electrons. The van der Waals surface area contributed by atoms with Gasteiger partial charge in [-0.15, -0.1) is 0 Å². The molecule has 1 unspecified atom stereocenters. The van der Waals surface area contributed by atoms with Gasteiger partial charge >= 0.3 is 0 Å². The lowest BCUT2D eigenvalue weighted by Gasteiger charge is -2.19. The molecule has 0 aliphatic carbocycles.